The maximum atomic E-state index is 11.3. The molecular weight excluding hydrogens is 248 g/mol. The number of hydrogen-bond donors (Lipinski definition) is 0. The first kappa shape index (κ1) is 13.9. The second-order valence-corrected chi connectivity index (χ2v) is 5.11. The summed E-state index contributed by atoms with van der Waals surface area (Å²) in [4.78, 5) is 22.5. The molecule has 1 heterocycles. The van der Waals surface area contributed by atoms with Crippen LogP contribution >= 0.6 is 0 Å². The van der Waals surface area contributed by atoms with Gasteiger partial charge in [0.15, 0.2) is 0 Å². The molecule has 3 atom stereocenters. The Hall–Kier alpha value is -1.54. The van der Waals surface area contributed by atoms with Gasteiger partial charge in [0, 0.05) is 12.8 Å². The van der Waals surface area contributed by atoms with Crippen LogP contribution in [0.25, 0.3) is 0 Å². The number of esters is 2. The molecule has 0 amide bonds. The number of ether oxygens (including phenoxy) is 3. The van der Waals surface area contributed by atoms with E-state index in [0.717, 1.165) is 25.7 Å². The van der Waals surface area contributed by atoms with Crippen molar-refractivity contribution in [1.82, 2.24) is 0 Å². The van der Waals surface area contributed by atoms with E-state index in [4.69, 9.17) is 9.47 Å². The SMILES string of the molecule is COC(=O)C#C[C@@](C)(OC(C)=O)[C@@]12CCCC[C@@H]1O2. The Balaban J connectivity index is 2.26. The lowest BCUT2D eigenvalue weighted by Crippen LogP contribution is -2.48. The van der Waals surface area contributed by atoms with E-state index in [1.54, 1.807) is 6.92 Å². The normalized spacial score (nSPS) is 31.0. The molecule has 104 valence electrons. The predicted octanol–water partition coefficient (Wildman–Crippen LogP) is 1.20. The van der Waals surface area contributed by atoms with E-state index in [1.165, 1.54) is 14.0 Å². The van der Waals surface area contributed by atoms with Crippen molar-refractivity contribution in [2.75, 3.05) is 7.11 Å². The number of rotatable bonds is 2. The van der Waals surface area contributed by atoms with Crippen molar-refractivity contribution in [2.24, 2.45) is 0 Å². The molecular formula is C14H18O5. The number of methoxy groups -OCH3 is 1. The summed E-state index contributed by atoms with van der Waals surface area (Å²) in [5.41, 5.74) is -1.66. The van der Waals surface area contributed by atoms with E-state index in [9.17, 15) is 9.59 Å². The van der Waals surface area contributed by atoms with Crippen LogP contribution in [0.5, 0.6) is 0 Å². The summed E-state index contributed by atoms with van der Waals surface area (Å²) in [6.45, 7) is 3.03. The minimum absolute atomic E-state index is 0.0672. The molecule has 2 aliphatic rings. The molecule has 5 nitrogen and oxygen atoms in total. The van der Waals surface area contributed by atoms with Crippen LogP contribution in [0.3, 0.4) is 0 Å². The molecule has 5 heteroatoms. The van der Waals surface area contributed by atoms with Gasteiger partial charge < -0.3 is 14.2 Å². The standard InChI is InChI=1S/C14H18O5/c1-10(15)18-13(2,9-7-12(16)17-3)14-8-5-4-6-11(14)19-14/h11H,4-6,8H2,1-3H3/t11-,13+,14+/m0/s1. The van der Waals surface area contributed by atoms with E-state index in [0.29, 0.717) is 0 Å². The van der Waals surface area contributed by atoms with Gasteiger partial charge >= 0.3 is 11.9 Å². The van der Waals surface area contributed by atoms with Gasteiger partial charge in [-0.3, -0.25) is 4.79 Å². The first-order chi connectivity index (χ1) is 8.93. The highest BCUT2D eigenvalue weighted by atomic mass is 16.7. The first-order valence-corrected chi connectivity index (χ1v) is 6.42. The fourth-order valence-corrected chi connectivity index (χ4v) is 2.83. The van der Waals surface area contributed by atoms with Crippen molar-refractivity contribution in [3.05, 3.63) is 0 Å². The molecule has 2 rings (SSSR count). The zero-order chi connectivity index (χ0) is 14.1. The quantitative estimate of drug-likeness (QED) is 0.325. The van der Waals surface area contributed by atoms with E-state index in [-0.39, 0.29) is 6.10 Å². The zero-order valence-corrected chi connectivity index (χ0v) is 11.4. The van der Waals surface area contributed by atoms with E-state index >= 15 is 0 Å². The van der Waals surface area contributed by atoms with Crippen molar-refractivity contribution < 1.29 is 23.8 Å². The summed E-state index contributed by atoms with van der Waals surface area (Å²) in [5.74, 6) is 4.01. The lowest BCUT2D eigenvalue weighted by molar-refractivity contribution is -0.156. The second-order valence-electron chi connectivity index (χ2n) is 5.11. The summed E-state index contributed by atoms with van der Waals surface area (Å²) >= 11 is 0. The van der Waals surface area contributed by atoms with E-state index in [2.05, 4.69) is 16.6 Å². The lowest BCUT2D eigenvalue weighted by Gasteiger charge is -2.32. The molecule has 0 unspecified atom stereocenters. The molecule has 1 aliphatic carbocycles. The third kappa shape index (κ3) is 2.45. The van der Waals surface area contributed by atoms with Crippen LogP contribution in [-0.2, 0) is 23.8 Å². The molecule has 0 aromatic heterocycles. The summed E-state index contributed by atoms with van der Waals surface area (Å²) in [5, 5.41) is 0. The van der Waals surface area contributed by atoms with Gasteiger partial charge in [0.2, 0.25) is 5.60 Å². The second kappa shape index (κ2) is 4.86. The van der Waals surface area contributed by atoms with Crippen LogP contribution in [0.4, 0.5) is 0 Å². The number of hydrogen-bond acceptors (Lipinski definition) is 5. The van der Waals surface area contributed by atoms with Crippen LogP contribution < -0.4 is 0 Å². The van der Waals surface area contributed by atoms with Crippen molar-refractivity contribution >= 4 is 11.9 Å². The van der Waals surface area contributed by atoms with Gasteiger partial charge in [0.05, 0.1) is 13.2 Å². The molecule has 1 saturated heterocycles. The summed E-state index contributed by atoms with van der Waals surface area (Å²) in [6.07, 6.45) is 3.91. The Morgan fingerprint density at radius 3 is 2.74 bits per heavy atom. The monoisotopic (exact) mass is 266 g/mol. The molecule has 2 fully saturated rings. The minimum atomic E-state index is -1.10. The van der Waals surface area contributed by atoms with E-state index in [1.807, 2.05) is 0 Å². The molecule has 0 radical (unpaired) electrons. The molecule has 0 aromatic rings. The molecule has 1 aliphatic heterocycles. The highest BCUT2D eigenvalue weighted by Gasteiger charge is 2.69. The van der Waals surface area contributed by atoms with Crippen molar-refractivity contribution in [2.45, 2.75) is 56.8 Å². The third-order valence-electron chi connectivity index (χ3n) is 3.82. The Morgan fingerprint density at radius 1 is 1.42 bits per heavy atom. The van der Waals surface area contributed by atoms with Gasteiger partial charge in [-0.25, -0.2) is 4.79 Å². The smallest absolute Gasteiger partial charge is 0.384 e. The zero-order valence-electron chi connectivity index (χ0n) is 11.4. The Morgan fingerprint density at radius 2 is 2.16 bits per heavy atom. The van der Waals surface area contributed by atoms with Crippen LogP contribution in [-0.4, -0.2) is 36.4 Å². The topological polar surface area (TPSA) is 65.1 Å². The first-order valence-electron chi connectivity index (χ1n) is 6.42. The number of fused-ring (bicyclic) bond motifs is 1. The van der Waals surface area contributed by atoms with Gasteiger partial charge in [-0.15, -0.1) is 0 Å². The Kier molecular flexibility index (Phi) is 3.55. The van der Waals surface area contributed by atoms with Crippen LogP contribution in [0.2, 0.25) is 0 Å². The van der Waals surface area contributed by atoms with Crippen molar-refractivity contribution in [1.29, 1.82) is 0 Å². The minimum Gasteiger partial charge on any atom is -0.459 e. The molecule has 0 N–H and O–H groups in total. The maximum absolute atomic E-state index is 11.3. The highest BCUT2D eigenvalue weighted by molar-refractivity contribution is 5.88. The van der Waals surface area contributed by atoms with Crippen molar-refractivity contribution in [3.8, 4) is 11.8 Å². The van der Waals surface area contributed by atoms with Crippen LogP contribution in [0, 0.1) is 11.8 Å². The number of carbonyl (C=O) groups excluding carboxylic acids is 2. The largest absolute Gasteiger partial charge is 0.459 e. The van der Waals surface area contributed by atoms with Crippen LogP contribution in [0.15, 0.2) is 0 Å². The third-order valence-corrected chi connectivity index (χ3v) is 3.82. The molecule has 0 bridgehead atoms. The Bertz CT molecular complexity index is 460. The lowest BCUT2D eigenvalue weighted by atomic mass is 9.77. The maximum Gasteiger partial charge on any atom is 0.384 e. The summed E-state index contributed by atoms with van der Waals surface area (Å²) in [7, 11) is 1.26. The predicted molar refractivity (Wildman–Crippen MR) is 66.0 cm³/mol. The fourth-order valence-electron chi connectivity index (χ4n) is 2.83. The molecule has 0 spiro atoms. The van der Waals surface area contributed by atoms with Gasteiger partial charge in [0.25, 0.3) is 0 Å². The molecule has 0 aromatic carbocycles. The summed E-state index contributed by atoms with van der Waals surface area (Å²) in [6, 6.07) is 0. The molecule has 19 heavy (non-hydrogen) atoms. The number of carbonyl (C=O) groups is 2. The van der Waals surface area contributed by atoms with Crippen LogP contribution in [0.1, 0.15) is 39.5 Å². The van der Waals surface area contributed by atoms with E-state index < -0.39 is 23.1 Å². The Labute approximate surface area is 112 Å². The molecule has 1 saturated carbocycles. The average Bonchev–Trinajstić information content (AvgIpc) is 3.11. The number of epoxide rings is 1. The highest BCUT2D eigenvalue weighted by Crippen LogP contribution is 2.55. The van der Waals surface area contributed by atoms with Gasteiger partial charge in [-0.2, -0.15) is 0 Å². The van der Waals surface area contributed by atoms with Crippen molar-refractivity contribution in [3.63, 3.8) is 0 Å². The van der Waals surface area contributed by atoms with Gasteiger partial charge in [-0.05, 0) is 25.7 Å². The van der Waals surface area contributed by atoms with Gasteiger partial charge in [-0.1, -0.05) is 12.8 Å². The van der Waals surface area contributed by atoms with Gasteiger partial charge in [0.1, 0.15) is 5.60 Å². The average molecular weight is 266 g/mol. The summed E-state index contributed by atoms with van der Waals surface area (Å²) < 4.78 is 15.6. The fraction of sp³-hybridized carbons (Fsp3) is 0.714.